The van der Waals surface area contributed by atoms with Crippen LogP contribution in [0.4, 0.5) is 5.13 Å². The summed E-state index contributed by atoms with van der Waals surface area (Å²) in [6, 6.07) is 4.35. The minimum absolute atomic E-state index is 0.0384. The molecule has 1 aliphatic heterocycles. The van der Waals surface area contributed by atoms with Crippen LogP contribution in [0.1, 0.15) is 49.0 Å². The fourth-order valence-electron chi connectivity index (χ4n) is 5.16. The van der Waals surface area contributed by atoms with Crippen molar-refractivity contribution < 1.29 is 9.53 Å². The van der Waals surface area contributed by atoms with Crippen LogP contribution in [0.25, 0.3) is 10.2 Å². The third-order valence-corrected chi connectivity index (χ3v) is 8.22. The highest BCUT2D eigenvalue weighted by atomic mass is 32.1. The molecule has 6 heteroatoms. The lowest BCUT2D eigenvalue weighted by atomic mass is 9.58. The molecule has 2 bridgehead atoms. The Balaban J connectivity index is 1.53. The van der Waals surface area contributed by atoms with Crippen LogP contribution in [0.2, 0.25) is 0 Å². The number of methoxy groups -OCH3 is 1. The first-order valence-electron chi connectivity index (χ1n) is 10.5. The predicted molar refractivity (Wildman–Crippen MR) is 114 cm³/mol. The lowest BCUT2D eigenvalue weighted by Crippen LogP contribution is -2.61. The zero-order chi connectivity index (χ0) is 19.5. The Labute approximate surface area is 170 Å². The molecule has 0 spiro atoms. The van der Waals surface area contributed by atoms with E-state index in [-0.39, 0.29) is 11.5 Å². The van der Waals surface area contributed by atoms with Crippen molar-refractivity contribution in [2.24, 2.45) is 11.8 Å². The minimum atomic E-state index is 0.0384. The number of anilines is 1. The van der Waals surface area contributed by atoms with Gasteiger partial charge in [-0.05, 0) is 60.8 Å². The smallest absolute Gasteiger partial charge is 0.183 e. The van der Waals surface area contributed by atoms with Crippen LogP contribution in [0, 0.1) is 11.8 Å². The van der Waals surface area contributed by atoms with Gasteiger partial charge in [0.25, 0.3) is 0 Å². The number of ether oxygens (including phenoxy) is 1. The number of ketones is 1. The van der Waals surface area contributed by atoms with E-state index in [1.165, 1.54) is 18.4 Å². The third kappa shape index (κ3) is 2.88. The second kappa shape index (κ2) is 6.78. The number of Topliss-reactive ketones (excluding diaryl/α,β-unsaturated/α-hetero) is 1. The Morgan fingerprint density at radius 1 is 1.39 bits per heavy atom. The quantitative estimate of drug-likeness (QED) is 0.746. The Morgan fingerprint density at radius 3 is 2.96 bits per heavy atom. The number of hydrogen-bond acceptors (Lipinski definition) is 6. The largest absolute Gasteiger partial charge is 0.383 e. The number of thiazole rings is 1. The summed E-state index contributed by atoms with van der Waals surface area (Å²) < 4.78 is 6.21. The summed E-state index contributed by atoms with van der Waals surface area (Å²) in [5.41, 5.74) is 3.21. The molecule has 1 N–H and O–H groups in total. The SMILES string of the molecule is COCCNc1nc2cc3c(cc2s1)C(=O)C1[C@H](C)[C@@]3(C)CCN1CC1CC1. The Bertz CT molecular complexity index is 922. The maximum Gasteiger partial charge on any atom is 0.183 e. The summed E-state index contributed by atoms with van der Waals surface area (Å²) in [5.74, 6) is 1.48. The topological polar surface area (TPSA) is 54.5 Å². The first kappa shape index (κ1) is 18.5. The summed E-state index contributed by atoms with van der Waals surface area (Å²) in [4.78, 5) is 20.8. The first-order chi connectivity index (χ1) is 13.5. The second-order valence-electron chi connectivity index (χ2n) is 9.01. The van der Waals surface area contributed by atoms with Crippen molar-refractivity contribution in [3.05, 3.63) is 23.3 Å². The molecule has 28 heavy (non-hydrogen) atoms. The van der Waals surface area contributed by atoms with Gasteiger partial charge in [0.05, 0.1) is 22.9 Å². The number of piperidine rings is 1. The summed E-state index contributed by atoms with van der Waals surface area (Å²) in [6.07, 6.45) is 3.78. The van der Waals surface area contributed by atoms with E-state index in [0.717, 1.165) is 52.9 Å². The van der Waals surface area contributed by atoms with Gasteiger partial charge in [-0.25, -0.2) is 4.98 Å². The van der Waals surface area contributed by atoms with E-state index in [0.29, 0.717) is 18.3 Å². The molecule has 2 fully saturated rings. The maximum absolute atomic E-state index is 13.6. The first-order valence-corrected chi connectivity index (χ1v) is 11.3. The zero-order valence-corrected chi connectivity index (χ0v) is 17.8. The van der Waals surface area contributed by atoms with E-state index in [2.05, 4.69) is 36.2 Å². The van der Waals surface area contributed by atoms with Crippen molar-refractivity contribution in [1.29, 1.82) is 0 Å². The molecule has 150 valence electrons. The average molecular weight is 400 g/mol. The lowest BCUT2D eigenvalue weighted by molar-refractivity contribution is 0.0267. The number of aromatic nitrogens is 1. The minimum Gasteiger partial charge on any atom is -0.383 e. The highest BCUT2D eigenvalue weighted by molar-refractivity contribution is 7.22. The third-order valence-electron chi connectivity index (χ3n) is 7.24. The van der Waals surface area contributed by atoms with Crippen LogP contribution in [0.5, 0.6) is 0 Å². The fourth-order valence-corrected chi connectivity index (χ4v) is 6.07. The number of benzene rings is 1. The van der Waals surface area contributed by atoms with Crippen LogP contribution in [0.15, 0.2) is 12.1 Å². The molecule has 2 aromatic rings. The van der Waals surface area contributed by atoms with Crippen LogP contribution in [0.3, 0.4) is 0 Å². The van der Waals surface area contributed by atoms with E-state index >= 15 is 0 Å². The van der Waals surface area contributed by atoms with Crippen molar-refractivity contribution in [3.8, 4) is 0 Å². The Morgan fingerprint density at radius 2 is 2.21 bits per heavy atom. The zero-order valence-electron chi connectivity index (χ0n) is 17.0. The number of fused-ring (bicyclic) bond motifs is 5. The summed E-state index contributed by atoms with van der Waals surface area (Å²) in [6.45, 7) is 8.17. The molecule has 1 aromatic heterocycles. The highest BCUT2D eigenvalue weighted by Gasteiger charge is 2.53. The van der Waals surface area contributed by atoms with Gasteiger partial charge in [-0.2, -0.15) is 0 Å². The summed E-state index contributed by atoms with van der Waals surface area (Å²) >= 11 is 1.63. The molecule has 5 rings (SSSR count). The number of carbonyl (C=O) groups excluding carboxylic acids is 1. The van der Waals surface area contributed by atoms with Crippen molar-refractivity contribution in [2.75, 3.05) is 38.7 Å². The molecule has 3 atom stereocenters. The Kier molecular flexibility index (Phi) is 4.49. The number of likely N-dealkylation sites (tertiary alicyclic amines) is 1. The molecule has 2 heterocycles. The molecule has 0 amide bonds. The number of hydrogen-bond donors (Lipinski definition) is 1. The molecule has 1 unspecified atom stereocenters. The molecule has 1 saturated heterocycles. The second-order valence-corrected chi connectivity index (χ2v) is 10.0. The lowest BCUT2D eigenvalue weighted by Gasteiger charge is -2.53. The van der Waals surface area contributed by atoms with Gasteiger partial charge in [-0.1, -0.05) is 25.2 Å². The van der Waals surface area contributed by atoms with Crippen LogP contribution < -0.4 is 5.32 Å². The number of nitrogens with zero attached hydrogens (tertiary/aromatic N) is 2. The van der Waals surface area contributed by atoms with Gasteiger partial charge in [0.1, 0.15) is 0 Å². The van der Waals surface area contributed by atoms with E-state index in [1.807, 2.05) is 0 Å². The average Bonchev–Trinajstić information content (AvgIpc) is 3.40. The molecule has 1 aromatic carbocycles. The van der Waals surface area contributed by atoms with Gasteiger partial charge in [-0.3, -0.25) is 9.69 Å². The normalized spacial score (nSPS) is 29.9. The fraction of sp³-hybridized carbons (Fsp3) is 0.636. The molecule has 1 saturated carbocycles. The van der Waals surface area contributed by atoms with Crippen molar-refractivity contribution >= 4 is 32.5 Å². The van der Waals surface area contributed by atoms with Gasteiger partial charge in [0.15, 0.2) is 10.9 Å². The molecule has 2 aliphatic carbocycles. The van der Waals surface area contributed by atoms with Crippen LogP contribution in [-0.2, 0) is 10.2 Å². The van der Waals surface area contributed by atoms with Gasteiger partial charge < -0.3 is 10.1 Å². The van der Waals surface area contributed by atoms with Crippen molar-refractivity contribution in [3.63, 3.8) is 0 Å². The van der Waals surface area contributed by atoms with Gasteiger partial charge in [0.2, 0.25) is 0 Å². The summed E-state index contributed by atoms with van der Waals surface area (Å²) in [5, 5.41) is 4.23. The van der Waals surface area contributed by atoms with E-state index in [9.17, 15) is 4.79 Å². The summed E-state index contributed by atoms with van der Waals surface area (Å²) in [7, 11) is 1.70. The number of nitrogens with one attached hydrogen (secondary N) is 1. The predicted octanol–water partition coefficient (Wildman–Crippen LogP) is 3.93. The van der Waals surface area contributed by atoms with Crippen LogP contribution >= 0.6 is 11.3 Å². The monoisotopic (exact) mass is 399 g/mol. The van der Waals surface area contributed by atoms with Gasteiger partial charge >= 0.3 is 0 Å². The van der Waals surface area contributed by atoms with Crippen LogP contribution in [-0.4, -0.2) is 55.1 Å². The maximum atomic E-state index is 13.6. The molecule has 3 aliphatic rings. The number of rotatable bonds is 6. The highest BCUT2D eigenvalue weighted by Crippen LogP contribution is 2.50. The standard InChI is InChI=1S/C22H29N3O2S/c1-13-19-20(26)15-10-18-17(24-21(28-18)23-7-9-27-3)11-16(15)22(13,2)6-8-25(19)12-14-4-5-14/h10-11,13-14,19H,4-9,12H2,1-3H3,(H,23,24)/t13-,19?,22+/m0/s1. The molecular formula is C22H29N3O2S. The molecular weight excluding hydrogens is 370 g/mol. The van der Waals surface area contributed by atoms with E-state index < -0.39 is 0 Å². The van der Waals surface area contributed by atoms with E-state index in [4.69, 9.17) is 9.72 Å². The number of carbonyl (C=O) groups is 1. The van der Waals surface area contributed by atoms with E-state index in [1.54, 1.807) is 18.4 Å². The van der Waals surface area contributed by atoms with Gasteiger partial charge in [-0.15, -0.1) is 0 Å². The van der Waals surface area contributed by atoms with Crippen molar-refractivity contribution in [1.82, 2.24) is 9.88 Å². The molecule has 5 nitrogen and oxygen atoms in total. The van der Waals surface area contributed by atoms with Crippen molar-refractivity contribution in [2.45, 2.75) is 44.6 Å². The van der Waals surface area contributed by atoms with Gasteiger partial charge in [0, 0.05) is 25.8 Å². The molecule has 0 radical (unpaired) electrons. The Hall–Kier alpha value is -1.50.